The van der Waals surface area contributed by atoms with Crippen molar-refractivity contribution in [3.8, 4) is 5.75 Å². The first-order chi connectivity index (χ1) is 12.3. The normalized spacial score (nSPS) is 12.2. The van der Waals surface area contributed by atoms with E-state index in [1.165, 1.54) is 21.2 Å². The summed E-state index contributed by atoms with van der Waals surface area (Å²) >= 11 is 0. The molecule has 3 nitrogen and oxygen atoms in total. The Hall–Kier alpha value is -2.36. The summed E-state index contributed by atoms with van der Waals surface area (Å²) in [5, 5.41) is 2.43. The van der Waals surface area contributed by atoms with Gasteiger partial charge in [0.05, 0.1) is 20.3 Å². The highest BCUT2D eigenvalue weighted by Gasteiger charge is 2.03. The fourth-order valence-electron chi connectivity index (χ4n) is 2.86. The van der Waals surface area contributed by atoms with Gasteiger partial charge in [0.25, 0.3) is 0 Å². The lowest BCUT2D eigenvalue weighted by Crippen LogP contribution is -3.08. The van der Waals surface area contributed by atoms with Gasteiger partial charge in [-0.15, -0.1) is 0 Å². The first-order valence-electron chi connectivity index (χ1n) is 8.86. The molecule has 0 aliphatic rings. The monoisotopic (exact) mass is 336 g/mol. The van der Waals surface area contributed by atoms with Crippen molar-refractivity contribution in [2.24, 2.45) is 0 Å². The number of benzene rings is 3. The Bertz CT molecular complexity index is 773. The van der Waals surface area contributed by atoms with Crippen LogP contribution in [0, 0.1) is 0 Å². The van der Waals surface area contributed by atoms with E-state index in [0.717, 1.165) is 25.4 Å². The molecule has 3 aromatic rings. The topological polar surface area (TPSA) is 22.9 Å². The molecule has 1 atom stereocenters. The molecular weight excluding hydrogens is 310 g/mol. The lowest BCUT2D eigenvalue weighted by atomic mass is 10.1. The number of hydrogen-bond acceptors (Lipinski definition) is 2. The van der Waals surface area contributed by atoms with Crippen LogP contribution in [0.25, 0.3) is 10.8 Å². The minimum atomic E-state index is 0.579. The van der Waals surface area contributed by atoms with Gasteiger partial charge in [0.1, 0.15) is 25.4 Å². The number of ether oxygens (including phenoxy) is 2. The van der Waals surface area contributed by atoms with Crippen LogP contribution in [0.15, 0.2) is 72.8 Å². The molecule has 0 bridgehead atoms. The first kappa shape index (κ1) is 17.5. The third kappa shape index (κ3) is 5.59. The lowest BCUT2D eigenvalue weighted by molar-refractivity contribution is -0.894. The maximum atomic E-state index is 5.79. The van der Waals surface area contributed by atoms with E-state index in [1.807, 2.05) is 18.2 Å². The van der Waals surface area contributed by atoms with E-state index in [1.54, 1.807) is 0 Å². The number of nitrogens with one attached hydrogen (secondary N) is 1. The smallest absolute Gasteiger partial charge is 0.120 e. The van der Waals surface area contributed by atoms with E-state index in [0.29, 0.717) is 13.2 Å². The highest BCUT2D eigenvalue weighted by Crippen LogP contribution is 2.20. The second kappa shape index (κ2) is 9.21. The molecule has 0 radical (unpaired) electrons. The Morgan fingerprint density at radius 3 is 2.36 bits per heavy atom. The number of likely N-dealkylation sites (N-methyl/N-ethyl adjacent to an activating group) is 1. The molecule has 0 fully saturated rings. The largest absolute Gasteiger partial charge is 0.491 e. The summed E-state index contributed by atoms with van der Waals surface area (Å²) in [6.07, 6.45) is 0. The quantitative estimate of drug-likeness (QED) is 0.607. The molecule has 0 amide bonds. The van der Waals surface area contributed by atoms with Gasteiger partial charge in [-0.3, -0.25) is 0 Å². The minimum Gasteiger partial charge on any atom is -0.491 e. The molecule has 1 unspecified atom stereocenters. The maximum Gasteiger partial charge on any atom is 0.120 e. The first-order valence-corrected chi connectivity index (χ1v) is 8.86. The van der Waals surface area contributed by atoms with Gasteiger partial charge in [-0.05, 0) is 22.9 Å². The summed E-state index contributed by atoms with van der Waals surface area (Å²) in [4.78, 5) is 1.45. The van der Waals surface area contributed by atoms with Crippen molar-refractivity contribution in [3.63, 3.8) is 0 Å². The van der Waals surface area contributed by atoms with Crippen LogP contribution in [0.5, 0.6) is 5.75 Å². The molecule has 0 saturated heterocycles. The second-order valence-corrected chi connectivity index (χ2v) is 6.34. The molecule has 3 rings (SSSR count). The van der Waals surface area contributed by atoms with Gasteiger partial charge in [-0.25, -0.2) is 0 Å². The van der Waals surface area contributed by atoms with E-state index in [4.69, 9.17) is 9.47 Å². The van der Waals surface area contributed by atoms with Crippen LogP contribution in [0.2, 0.25) is 0 Å². The van der Waals surface area contributed by atoms with Crippen LogP contribution >= 0.6 is 0 Å². The Morgan fingerprint density at radius 2 is 1.52 bits per heavy atom. The van der Waals surface area contributed by atoms with Crippen molar-refractivity contribution >= 4 is 10.8 Å². The Morgan fingerprint density at radius 1 is 0.760 bits per heavy atom. The molecule has 0 spiro atoms. The van der Waals surface area contributed by atoms with E-state index in [9.17, 15) is 0 Å². The van der Waals surface area contributed by atoms with Gasteiger partial charge in [-0.2, -0.15) is 0 Å². The van der Waals surface area contributed by atoms with E-state index in [-0.39, 0.29) is 0 Å². The molecular formula is C22H26NO2+. The Labute approximate surface area is 149 Å². The van der Waals surface area contributed by atoms with Crippen molar-refractivity contribution in [1.82, 2.24) is 0 Å². The number of quaternary nitrogens is 1. The summed E-state index contributed by atoms with van der Waals surface area (Å²) in [7, 11) is 2.20. The fraction of sp³-hybridized carbons (Fsp3) is 0.273. The van der Waals surface area contributed by atoms with Crippen molar-refractivity contribution in [2.75, 3.05) is 33.4 Å². The van der Waals surface area contributed by atoms with Gasteiger partial charge < -0.3 is 14.4 Å². The third-order valence-corrected chi connectivity index (χ3v) is 4.24. The summed E-state index contributed by atoms with van der Waals surface area (Å²) in [5.41, 5.74) is 1.36. The predicted octanol–water partition coefficient (Wildman–Crippen LogP) is 2.95. The van der Waals surface area contributed by atoms with Crippen LogP contribution in [-0.2, 0) is 11.3 Å². The molecule has 0 heterocycles. The molecule has 3 aromatic carbocycles. The van der Waals surface area contributed by atoms with Crippen LogP contribution < -0.4 is 9.64 Å². The Balaban J connectivity index is 1.31. The van der Waals surface area contributed by atoms with Crippen LogP contribution in [0.3, 0.4) is 0 Å². The predicted molar refractivity (Wildman–Crippen MR) is 102 cm³/mol. The van der Waals surface area contributed by atoms with Crippen LogP contribution in [0.1, 0.15) is 5.56 Å². The zero-order valence-electron chi connectivity index (χ0n) is 14.8. The highest BCUT2D eigenvalue weighted by atomic mass is 16.5. The van der Waals surface area contributed by atoms with Crippen molar-refractivity contribution < 1.29 is 14.4 Å². The van der Waals surface area contributed by atoms with Gasteiger partial charge in [0.15, 0.2) is 0 Å². The Kier molecular flexibility index (Phi) is 6.43. The summed E-state index contributed by atoms with van der Waals surface area (Å²) in [5.74, 6) is 0.897. The average molecular weight is 336 g/mol. The zero-order chi connectivity index (χ0) is 17.3. The molecule has 1 N–H and O–H groups in total. The summed E-state index contributed by atoms with van der Waals surface area (Å²) < 4.78 is 11.5. The summed E-state index contributed by atoms with van der Waals surface area (Å²) in [6.45, 7) is 3.96. The third-order valence-electron chi connectivity index (χ3n) is 4.24. The van der Waals surface area contributed by atoms with Crippen LogP contribution in [-0.4, -0.2) is 33.4 Å². The molecule has 3 heteroatoms. The lowest BCUT2D eigenvalue weighted by Gasteiger charge is -2.14. The standard InChI is InChI=1S/C22H25NO2/c1-23(18-19-7-3-2-4-8-19)13-14-24-15-16-25-22-12-11-20-9-5-6-10-21(20)17-22/h2-12,17H,13-16,18H2,1H3/p+1. The molecule has 130 valence electrons. The van der Waals surface area contributed by atoms with Crippen molar-refractivity contribution in [1.29, 1.82) is 0 Å². The van der Waals surface area contributed by atoms with Crippen molar-refractivity contribution in [3.05, 3.63) is 78.4 Å². The number of fused-ring (bicyclic) bond motifs is 1. The average Bonchev–Trinajstić information content (AvgIpc) is 2.65. The van der Waals surface area contributed by atoms with Gasteiger partial charge in [0, 0.05) is 5.56 Å². The van der Waals surface area contributed by atoms with E-state index >= 15 is 0 Å². The van der Waals surface area contributed by atoms with Gasteiger partial charge in [0.2, 0.25) is 0 Å². The molecule has 0 aliphatic carbocycles. The molecule has 0 aromatic heterocycles. The number of rotatable bonds is 9. The van der Waals surface area contributed by atoms with E-state index in [2.05, 4.69) is 61.6 Å². The van der Waals surface area contributed by atoms with Crippen LogP contribution in [0.4, 0.5) is 0 Å². The molecule has 25 heavy (non-hydrogen) atoms. The zero-order valence-corrected chi connectivity index (χ0v) is 14.8. The van der Waals surface area contributed by atoms with Crippen molar-refractivity contribution in [2.45, 2.75) is 6.54 Å². The van der Waals surface area contributed by atoms with Gasteiger partial charge >= 0.3 is 0 Å². The van der Waals surface area contributed by atoms with E-state index < -0.39 is 0 Å². The number of hydrogen-bond donors (Lipinski definition) is 1. The minimum absolute atomic E-state index is 0.579. The summed E-state index contributed by atoms with van der Waals surface area (Å²) in [6, 6.07) is 25.0. The molecule has 0 saturated carbocycles. The molecule has 0 aliphatic heterocycles. The highest BCUT2D eigenvalue weighted by molar-refractivity contribution is 5.83. The SMILES string of the molecule is C[NH+](CCOCCOc1ccc2ccccc2c1)Cc1ccccc1. The fourth-order valence-corrected chi connectivity index (χ4v) is 2.86. The van der Waals surface area contributed by atoms with Gasteiger partial charge in [-0.1, -0.05) is 60.7 Å². The second-order valence-electron chi connectivity index (χ2n) is 6.34. The maximum absolute atomic E-state index is 5.79.